The van der Waals surface area contributed by atoms with E-state index in [0.717, 1.165) is 48.5 Å². The van der Waals surface area contributed by atoms with Gasteiger partial charge in [-0.15, -0.1) is 5.10 Å². The van der Waals surface area contributed by atoms with Crippen LogP contribution in [0.25, 0.3) is 10.8 Å². The van der Waals surface area contributed by atoms with Gasteiger partial charge in [-0.25, -0.2) is 0 Å². The van der Waals surface area contributed by atoms with Gasteiger partial charge in [0.25, 0.3) is 0 Å². The van der Waals surface area contributed by atoms with Crippen LogP contribution in [0.5, 0.6) is 0 Å². The Morgan fingerprint density at radius 2 is 1.77 bits per heavy atom. The van der Waals surface area contributed by atoms with Gasteiger partial charge in [0.15, 0.2) is 5.82 Å². The number of fused-ring (bicyclic) bond motifs is 1. The molecule has 2 N–H and O–H groups in total. The maximum absolute atomic E-state index is 13.3. The molecule has 2 heterocycles. The number of nitrogens with one attached hydrogen (secondary N) is 2. The van der Waals surface area contributed by atoms with Crippen molar-refractivity contribution in [2.75, 3.05) is 18.4 Å². The molecular formula is C24H27F3N4. The SMILES string of the molecule is Cc1c(C(C)Nc2nnc(C)c3ccc(C4CCNCC4)cc23)cccc1C(F)(F)F. The lowest BCUT2D eigenvalue weighted by atomic mass is 9.89. The van der Waals surface area contributed by atoms with Crippen LogP contribution >= 0.6 is 0 Å². The van der Waals surface area contributed by atoms with Crippen LogP contribution in [0.2, 0.25) is 0 Å². The van der Waals surface area contributed by atoms with Crippen molar-refractivity contribution in [3.05, 3.63) is 64.3 Å². The molecule has 7 heteroatoms. The molecule has 1 atom stereocenters. The van der Waals surface area contributed by atoms with Crippen molar-refractivity contribution >= 4 is 16.6 Å². The van der Waals surface area contributed by atoms with Crippen LogP contribution in [-0.4, -0.2) is 23.3 Å². The van der Waals surface area contributed by atoms with Crippen LogP contribution in [0.3, 0.4) is 0 Å². The number of aromatic nitrogens is 2. The summed E-state index contributed by atoms with van der Waals surface area (Å²) in [5.74, 6) is 1.09. The van der Waals surface area contributed by atoms with Crippen molar-refractivity contribution in [1.29, 1.82) is 0 Å². The number of rotatable bonds is 4. The molecule has 2 aromatic carbocycles. The molecule has 164 valence electrons. The van der Waals surface area contributed by atoms with Crippen LogP contribution in [-0.2, 0) is 6.18 Å². The first kappa shape index (κ1) is 21.6. The molecule has 0 saturated carbocycles. The summed E-state index contributed by atoms with van der Waals surface area (Å²) in [6.45, 7) is 7.31. The number of halogens is 3. The Hall–Kier alpha value is -2.67. The standard InChI is InChI=1S/C24H27F3N4/c1-14-19(5-4-6-22(14)24(25,26)27)15(2)29-23-21-13-18(17-9-11-28-12-10-17)7-8-20(21)16(3)30-31-23/h4-8,13,15,17,28H,9-12H2,1-3H3,(H,29,31). The third-order valence-corrected chi connectivity index (χ3v) is 6.30. The maximum Gasteiger partial charge on any atom is 0.416 e. The Labute approximate surface area is 180 Å². The van der Waals surface area contributed by atoms with Gasteiger partial charge in [0, 0.05) is 10.8 Å². The van der Waals surface area contributed by atoms with Crippen LogP contribution in [0.1, 0.15) is 59.7 Å². The van der Waals surface area contributed by atoms with Crippen molar-refractivity contribution in [2.45, 2.75) is 51.7 Å². The van der Waals surface area contributed by atoms with E-state index in [-0.39, 0.29) is 11.6 Å². The number of nitrogens with zero attached hydrogens (tertiary/aromatic N) is 2. The Balaban J connectivity index is 1.70. The van der Waals surface area contributed by atoms with Gasteiger partial charge in [-0.1, -0.05) is 24.3 Å². The summed E-state index contributed by atoms with van der Waals surface area (Å²) in [7, 11) is 0. The predicted molar refractivity (Wildman–Crippen MR) is 117 cm³/mol. The van der Waals surface area contributed by atoms with Crippen molar-refractivity contribution in [3.63, 3.8) is 0 Å². The van der Waals surface area contributed by atoms with E-state index in [2.05, 4.69) is 39.0 Å². The molecule has 1 fully saturated rings. The van der Waals surface area contributed by atoms with Gasteiger partial charge in [-0.3, -0.25) is 0 Å². The fourth-order valence-electron chi connectivity index (χ4n) is 4.53. The highest BCUT2D eigenvalue weighted by Crippen LogP contribution is 2.36. The zero-order valence-corrected chi connectivity index (χ0v) is 18.0. The third kappa shape index (κ3) is 4.37. The quantitative estimate of drug-likeness (QED) is 0.543. The summed E-state index contributed by atoms with van der Waals surface area (Å²) < 4.78 is 40.0. The first-order valence-electron chi connectivity index (χ1n) is 10.7. The fraction of sp³-hybridized carbons (Fsp3) is 0.417. The zero-order chi connectivity index (χ0) is 22.2. The smallest absolute Gasteiger partial charge is 0.362 e. The van der Waals surface area contributed by atoms with Gasteiger partial charge in [-0.05, 0) is 81.4 Å². The third-order valence-electron chi connectivity index (χ3n) is 6.30. The van der Waals surface area contributed by atoms with E-state index in [0.29, 0.717) is 17.3 Å². The average Bonchev–Trinajstić information content (AvgIpc) is 2.75. The molecule has 0 radical (unpaired) electrons. The predicted octanol–water partition coefficient (Wildman–Crippen LogP) is 5.91. The molecule has 0 spiro atoms. The molecule has 3 aromatic rings. The van der Waals surface area contributed by atoms with Crippen molar-refractivity contribution in [1.82, 2.24) is 15.5 Å². The number of hydrogen-bond acceptors (Lipinski definition) is 4. The van der Waals surface area contributed by atoms with Gasteiger partial charge < -0.3 is 10.6 Å². The summed E-state index contributed by atoms with van der Waals surface area (Å²) in [6, 6.07) is 10.4. The summed E-state index contributed by atoms with van der Waals surface area (Å²) >= 11 is 0. The van der Waals surface area contributed by atoms with Crippen LogP contribution in [0.15, 0.2) is 36.4 Å². The van der Waals surface area contributed by atoms with Crippen molar-refractivity contribution in [3.8, 4) is 0 Å². The lowest BCUT2D eigenvalue weighted by molar-refractivity contribution is -0.138. The van der Waals surface area contributed by atoms with E-state index >= 15 is 0 Å². The first-order chi connectivity index (χ1) is 14.8. The molecule has 4 nitrogen and oxygen atoms in total. The maximum atomic E-state index is 13.3. The van der Waals surface area contributed by atoms with E-state index in [1.807, 2.05) is 13.8 Å². The van der Waals surface area contributed by atoms with Gasteiger partial charge in [0.1, 0.15) is 0 Å². The van der Waals surface area contributed by atoms with Crippen molar-refractivity contribution < 1.29 is 13.2 Å². The van der Waals surface area contributed by atoms with Gasteiger partial charge in [0.05, 0.1) is 17.3 Å². The monoisotopic (exact) mass is 428 g/mol. The summed E-state index contributed by atoms with van der Waals surface area (Å²) in [4.78, 5) is 0. The van der Waals surface area contributed by atoms with Crippen LogP contribution in [0, 0.1) is 13.8 Å². The number of piperidine rings is 1. The number of hydrogen-bond donors (Lipinski definition) is 2. The normalized spacial score (nSPS) is 16.5. The molecule has 31 heavy (non-hydrogen) atoms. The van der Waals surface area contributed by atoms with E-state index in [9.17, 15) is 13.2 Å². The van der Waals surface area contributed by atoms with E-state index in [1.165, 1.54) is 18.6 Å². The summed E-state index contributed by atoms with van der Waals surface area (Å²) in [5.41, 5.74) is 2.33. The average molecular weight is 429 g/mol. The molecule has 1 unspecified atom stereocenters. The molecule has 1 saturated heterocycles. The Kier molecular flexibility index (Phi) is 5.88. The minimum atomic E-state index is -4.38. The van der Waals surface area contributed by atoms with E-state index in [4.69, 9.17) is 0 Å². The van der Waals surface area contributed by atoms with E-state index < -0.39 is 11.7 Å². The zero-order valence-electron chi connectivity index (χ0n) is 18.0. The Bertz CT molecular complexity index is 1090. The number of anilines is 1. The molecule has 0 bridgehead atoms. The van der Waals surface area contributed by atoms with Gasteiger partial charge >= 0.3 is 6.18 Å². The van der Waals surface area contributed by atoms with E-state index in [1.54, 1.807) is 6.07 Å². The number of aryl methyl sites for hydroxylation is 1. The second-order valence-corrected chi connectivity index (χ2v) is 8.35. The van der Waals surface area contributed by atoms with Crippen molar-refractivity contribution in [2.24, 2.45) is 0 Å². The Morgan fingerprint density at radius 1 is 1.03 bits per heavy atom. The number of benzene rings is 2. The minimum Gasteiger partial charge on any atom is -0.362 e. The van der Waals surface area contributed by atoms with Gasteiger partial charge in [0.2, 0.25) is 0 Å². The van der Waals surface area contributed by atoms with Crippen LogP contribution in [0.4, 0.5) is 19.0 Å². The topological polar surface area (TPSA) is 49.8 Å². The molecule has 0 amide bonds. The van der Waals surface area contributed by atoms with Gasteiger partial charge in [-0.2, -0.15) is 18.3 Å². The highest BCUT2D eigenvalue weighted by molar-refractivity contribution is 5.93. The lowest BCUT2D eigenvalue weighted by Crippen LogP contribution is -2.26. The molecule has 1 aromatic heterocycles. The number of alkyl halides is 3. The van der Waals surface area contributed by atoms with Crippen LogP contribution < -0.4 is 10.6 Å². The first-order valence-corrected chi connectivity index (χ1v) is 10.7. The molecule has 1 aliphatic heterocycles. The fourth-order valence-corrected chi connectivity index (χ4v) is 4.53. The molecular weight excluding hydrogens is 401 g/mol. The molecule has 0 aliphatic carbocycles. The summed E-state index contributed by atoms with van der Waals surface area (Å²) in [6.07, 6.45) is -2.20. The lowest BCUT2D eigenvalue weighted by Gasteiger charge is -2.24. The Morgan fingerprint density at radius 3 is 2.48 bits per heavy atom. The second kappa shape index (κ2) is 8.46. The molecule has 4 rings (SSSR count). The summed E-state index contributed by atoms with van der Waals surface area (Å²) in [5, 5.41) is 17.3. The second-order valence-electron chi connectivity index (χ2n) is 8.35. The largest absolute Gasteiger partial charge is 0.416 e. The highest BCUT2D eigenvalue weighted by atomic mass is 19.4. The highest BCUT2D eigenvalue weighted by Gasteiger charge is 2.33. The molecule has 1 aliphatic rings. The minimum absolute atomic E-state index is 0.231.